The molecule has 0 aliphatic heterocycles. The first-order valence-corrected chi connectivity index (χ1v) is 8.25. The molecule has 5 aliphatic carbocycles. The smallest absolute Gasteiger partial charge is 0.234 e. The standard InChI is InChI=1S/C16H26N2O/c19-15(10-17-14-2-1-3-14)18-16-7-11-4-12(8-16)6-13(5-11)9-16/h11-14,17H,1-10H2,(H,18,19). The molecule has 106 valence electrons. The Morgan fingerprint density at radius 2 is 1.58 bits per heavy atom. The van der Waals surface area contributed by atoms with Crippen molar-refractivity contribution in [2.24, 2.45) is 17.8 Å². The van der Waals surface area contributed by atoms with Gasteiger partial charge in [0.15, 0.2) is 0 Å². The Bertz CT molecular complexity index is 340. The van der Waals surface area contributed by atoms with E-state index in [1.807, 2.05) is 0 Å². The van der Waals surface area contributed by atoms with Gasteiger partial charge < -0.3 is 10.6 Å². The van der Waals surface area contributed by atoms with Crippen molar-refractivity contribution < 1.29 is 4.79 Å². The Morgan fingerprint density at radius 3 is 2.05 bits per heavy atom. The van der Waals surface area contributed by atoms with Crippen molar-refractivity contribution in [3.05, 3.63) is 0 Å². The lowest BCUT2D eigenvalue weighted by molar-refractivity contribution is -0.126. The molecule has 5 fully saturated rings. The summed E-state index contributed by atoms with van der Waals surface area (Å²) in [6.45, 7) is 0.534. The second-order valence-corrected chi connectivity index (χ2v) is 7.75. The lowest BCUT2D eigenvalue weighted by Gasteiger charge is -2.57. The summed E-state index contributed by atoms with van der Waals surface area (Å²) in [5.41, 5.74) is 0.188. The van der Waals surface area contributed by atoms with E-state index in [1.54, 1.807) is 0 Å². The highest BCUT2D eigenvalue weighted by atomic mass is 16.2. The number of nitrogens with one attached hydrogen (secondary N) is 2. The fourth-order valence-electron chi connectivity index (χ4n) is 5.45. The Balaban J connectivity index is 1.35. The highest BCUT2D eigenvalue weighted by Gasteiger charge is 2.51. The van der Waals surface area contributed by atoms with Crippen LogP contribution in [0.2, 0.25) is 0 Å². The summed E-state index contributed by atoms with van der Waals surface area (Å²) in [6, 6.07) is 0.613. The van der Waals surface area contributed by atoms with Gasteiger partial charge >= 0.3 is 0 Å². The van der Waals surface area contributed by atoms with E-state index in [0.29, 0.717) is 12.6 Å². The van der Waals surface area contributed by atoms with Crippen LogP contribution in [0.25, 0.3) is 0 Å². The fourth-order valence-corrected chi connectivity index (χ4v) is 5.45. The zero-order valence-corrected chi connectivity index (χ0v) is 11.8. The summed E-state index contributed by atoms with van der Waals surface area (Å²) in [5, 5.41) is 6.82. The van der Waals surface area contributed by atoms with Gasteiger partial charge in [-0.25, -0.2) is 0 Å². The van der Waals surface area contributed by atoms with Gasteiger partial charge in [0, 0.05) is 11.6 Å². The lowest BCUT2D eigenvalue weighted by atomic mass is 9.53. The average Bonchev–Trinajstić information content (AvgIpc) is 2.23. The van der Waals surface area contributed by atoms with E-state index in [9.17, 15) is 4.79 Å². The molecule has 0 saturated heterocycles. The van der Waals surface area contributed by atoms with Crippen LogP contribution in [0, 0.1) is 17.8 Å². The van der Waals surface area contributed by atoms with Gasteiger partial charge in [0.05, 0.1) is 6.54 Å². The number of rotatable bonds is 4. The number of amides is 1. The SMILES string of the molecule is O=C(CNC1CCC1)NC12CC3CC(CC(C3)C1)C2. The third-order valence-corrected chi connectivity index (χ3v) is 6.10. The highest BCUT2D eigenvalue weighted by Crippen LogP contribution is 2.55. The van der Waals surface area contributed by atoms with Crippen LogP contribution in [0.3, 0.4) is 0 Å². The quantitative estimate of drug-likeness (QED) is 0.815. The van der Waals surface area contributed by atoms with Crippen molar-refractivity contribution in [2.75, 3.05) is 6.54 Å². The summed E-state index contributed by atoms with van der Waals surface area (Å²) in [5.74, 6) is 2.97. The molecule has 3 heteroatoms. The molecule has 0 aromatic rings. The summed E-state index contributed by atoms with van der Waals surface area (Å²) in [4.78, 5) is 12.2. The van der Waals surface area contributed by atoms with E-state index in [4.69, 9.17) is 0 Å². The highest BCUT2D eigenvalue weighted by molar-refractivity contribution is 5.79. The van der Waals surface area contributed by atoms with Gasteiger partial charge in [0.1, 0.15) is 0 Å². The number of carbonyl (C=O) groups is 1. The molecule has 5 aliphatic rings. The summed E-state index contributed by atoms with van der Waals surface area (Å²) in [7, 11) is 0. The lowest BCUT2D eigenvalue weighted by Crippen LogP contribution is -2.61. The van der Waals surface area contributed by atoms with Crippen molar-refractivity contribution in [3.8, 4) is 0 Å². The summed E-state index contributed by atoms with van der Waals surface area (Å²) < 4.78 is 0. The zero-order valence-electron chi connectivity index (χ0n) is 11.8. The minimum absolute atomic E-state index is 0.188. The van der Waals surface area contributed by atoms with Crippen LogP contribution in [0.1, 0.15) is 57.8 Å². The molecule has 19 heavy (non-hydrogen) atoms. The molecule has 3 nitrogen and oxygen atoms in total. The molecule has 1 amide bonds. The molecular weight excluding hydrogens is 236 g/mol. The molecule has 0 radical (unpaired) electrons. The van der Waals surface area contributed by atoms with Crippen molar-refractivity contribution in [1.29, 1.82) is 0 Å². The van der Waals surface area contributed by atoms with Crippen molar-refractivity contribution in [2.45, 2.75) is 69.4 Å². The van der Waals surface area contributed by atoms with Crippen LogP contribution in [0.15, 0.2) is 0 Å². The van der Waals surface area contributed by atoms with E-state index in [1.165, 1.54) is 57.8 Å². The third kappa shape index (κ3) is 2.31. The monoisotopic (exact) mass is 262 g/mol. The molecular formula is C16H26N2O. The maximum atomic E-state index is 12.2. The van der Waals surface area contributed by atoms with Crippen LogP contribution < -0.4 is 10.6 Å². The van der Waals surface area contributed by atoms with Gasteiger partial charge in [0.2, 0.25) is 5.91 Å². The normalized spacial score (nSPS) is 44.1. The van der Waals surface area contributed by atoms with Gasteiger partial charge in [-0.15, -0.1) is 0 Å². The molecule has 0 aromatic heterocycles. The zero-order chi connectivity index (χ0) is 12.9. The molecule has 0 spiro atoms. The first kappa shape index (κ1) is 12.2. The first-order chi connectivity index (χ1) is 9.21. The molecule has 4 bridgehead atoms. The van der Waals surface area contributed by atoms with Gasteiger partial charge in [-0.3, -0.25) is 4.79 Å². The van der Waals surface area contributed by atoms with Crippen LogP contribution in [-0.2, 0) is 4.79 Å². The average molecular weight is 262 g/mol. The molecule has 0 aromatic carbocycles. The molecule has 0 atom stereocenters. The number of hydrogen-bond acceptors (Lipinski definition) is 2. The van der Waals surface area contributed by atoms with E-state index in [2.05, 4.69) is 10.6 Å². The number of hydrogen-bond donors (Lipinski definition) is 2. The maximum Gasteiger partial charge on any atom is 0.234 e. The van der Waals surface area contributed by atoms with Crippen molar-refractivity contribution in [1.82, 2.24) is 10.6 Å². The van der Waals surface area contributed by atoms with Gasteiger partial charge in [-0.2, -0.15) is 0 Å². The molecule has 5 saturated carbocycles. The summed E-state index contributed by atoms with van der Waals surface area (Å²) in [6.07, 6.45) is 11.9. The predicted octanol–water partition coefficient (Wildman–Crippen LogP) is 2.21. The van der Waals surface area contributed by atoms with E-state index in [-0.39, 0.29) is 11.4 Å². The van der Waals surface area contributed by atoms with Crippen LogP contribution in [-0.4, -0.2) is 24.0 Å². The predicted molar refractivity (Wildman–Crippen MR) is 74.7 cm³/mol. The van der Waals surface area contributed by atoms with E-state index < -0.39 is 0 Å². The van der Waals surface area contributed by atoms with E-state index >= 15 is 0 Å². The van der Waals surface area contributed by atoms with Gasteiger partial charge in [-0.1, -0.05) is 6.42 Å². The van der Waals surface area contributed by atoms with Crippen LogP contribution >= 0.6 is 0 Å². The third-order valence-electron chi connectivity index (χ3n) is 6.10. The first-order valence-electron chi connectivity index (χ1n) is 8.25. The minimum Gasteiger partial charge on any atom is -0.350 e. The maximum absolute atomic E-state index is 12.2. The summed E-state index contributed by atoms with van der Waals surface area (Å²) >= 11 is 0. The minimum atomic E-state index is 0.188. The second kappa shape index (κ2) is 4.47. The second-order valence-electron chi connectivity index (χ2n) is 7.75. The topological polar surface area (TPSA) is 41.1 Å². The Kier molecular flexibility index (Phi) is 2.87. The Labute approximate surface area is 115 Å². The molecule has 0 heterocycles. The van der Waals surface area contributed by atoms with E-state index in [0.717, 1.165) is 17.8 Å². The van der Waals surface area contributed by atoms with Gasteiger partial charge in [0.25, 0.3) is 0 Å². The van der Waals surface area contributed by atoms with Crippen molar-refractivity contribution in [3.63, 3.8) is 0 Å². The molecule has 5 rings (SSSR count). The largest absolute Gasteiger partial charge is 0.350 e. The fraction of sp³-hybridized carbons (Fsp3) is 0.938. The molecule has 2 N–H and O–H groups in total. The Hall–Kier alpha value is -0.570. The van der Waals surface area contributed by atoms with Crippen molar-refractivity contribution >= 4 is 5.91 Å². The number of carbonyl (C=O) groups excluding carboxylic acids is 1. The van der Waals surface area contributed by atoms with Gasteiger partial charge in [-0.05, 0) is 69.1 Å². The van der Waals surface area contributed by atoms with Crippen LogP contribution in [0.4, 0.5) is 0 Å². The Morgan fingerprint density at radius 1 is 1.00 bits per heavy atom. The van der Waals surface area contributed by atoms with Crippen LogP contribution in [0.5, 0.6) is 0 Å². The molecule has 0 unspecified atom stereocenters.